The predicted octanol–water partition coefficient (Wildman–Crippen LogP) is 5.32. The number of hydrogen-bond acceptors (Lipinski definition) is 1. The van der Waals surface area contributed by atoms with Crippen molar-refractivity contribution in [1.29, 1.82) is 0 Å². The highest BCUT2D eigenvalue weighted by Crippen LogP contribution is 2.35. The Hall–Kier alpha value is -0.740. The van der Waals surface area contributed by atoms with Gasteiger partial charge in [0.1, 0.15) is 0 Å². The van der Waals surface area contributed by atoms with Crippen molar-refractivity contribution >= 4 is 27.3 Å². The number of hydrogen-bond donors (Lipinski definition) is 0. The van der Waals surface area contributed by atoms with Gasteiger partial charge in [-0.3, -0.25) is 0 Å². The first-order valence-corrected chi connectivity index (χ1v) is 7.35. The van der Waals surface area contributed by atoms with Crippen LogP contribution in [0.5, 0.6) is 0 Å². The minimum Gasteiger partial charge on any atom is -0.204 e. The van der Waals surface area contributed by atoms with Gasteiger partial charge in [0, 0.05) is 9.75 Å². The Morgan fingerprint density at radius 3 is 2.44 bits per heavy atom. The molecule has 1 heterocycles. The fourth-order valence-corrected chi connectivity index (χ4v) is 3.97. The molecule has 96 valence electrons. The van der Waals surface area contributed by atoms with Crippen LogP contribution in [0.3, 0.4) is 0 Å². The minimum atomic E-state index is -0.798. The van der Waals surface area contributed by atoms with Gasteiger partial charge in [-0.25, -0.2) is 8.78 Å². The summed E-state index contributed by atoms with van der Waals surface area (Å²) < 4.78 is 26.0. The first kappa shape index (κ1) is 13.7. The second-order valence-corrected chi connectivity index (χ2v) is 6.72. The van der Waals surface area contributed by atoms with E-state index in [0.29, 0.717) is 6.42 Å². The van der Waals surface area contributed by atoms with Gasteiger partial charge >= 0.3 is 0 Å². The van der Waals surface area contributed by atoms with E-state index in [9.17, 15) is 8.78 Å². The van der Waals surface area contributed by atoms with Crippen LogP contribution in [-0.4, -0.2) is 0 Å². The summed E-state index contributed by atoms with van der Waals surface area (Å²) in [6.07, 6.45) is 0.651. The molecule has 0 radical (unpaired) electrons. The van der Waals surface area contributed by atoms with Crippen LogP contribution in [0, 0.1) is 25.5 Å². The fourth-order valence-electron chi connectivity index (χ4n) is 1.94. The summed E-state index contributed by atoms with van der Waals surface area (Å²) in [5, 5.41) is 0. The van der Waals surface area contributed by atoms with Gasteiger partial charge in [0.05, 0.1) is 4.83 Å². The van der Waals surface area contributed by atoms with Crippen molar-refractivity contribution in [2.75, 3.05) is 0 Å². The molecule has 0 aliphatic carbocycles. The summed E-state index contributed by atoms with van der Waals surface area (Å²) >= 11 is 5.36. The van der Waals surface area contributed by atoms with Crippen LogP contribution < -0.4 is 0 Å². The molecule has 1 aromatic carbocycles. The molecule has 0 N–H and O–H groups in total. The number of rotatable bonds is 3. The number of thiophene rings is 1. The zero-order chi connectivity index (χ0) is 13.3. The lowest BCUT2D eigenvalue weighted by molar-refractivity contribution is 0.507. The second-order valence-electron chi connectivity index (χ2n) is 4.32. The Kier molecular flexibility index (Phi) is 4.17. The van der Waals surface area contributed by atoms with Crippen LogP contribution in [0.2, 0.25) is 0 Å². The van der Waals surface area contributed by atoms with Crippen molar-refractivity contribution in [3.8, 4) is 0 Å². The van der Waals surface area contributed by atoms with Crippen LogP contribution in [0.25, 0.3) is 0 Å². The Morgan fingerprint density at radius 1 is 1.17 bits per heavy atom. The summed E-state index contributed by atoms with van der Waals surface area (Å²) in [6, 6.07) is 6.21. The molecule has 0 saturated heterocycles. The third-order valence-corrected chi connectivity index (χ3v) is 5.11. The first-order valence-electron chi connectivity index (χ1n) is 5.62. The van der Waals surface area contributed by atoms with Crippen molar-refractivity contribution in [1.82, 2.24) is 0 Å². The number of alkyl halides is 1. The molecule has 0 nitrogen and oxygen atoms in total. The molecular formula is C14H13BrF2S. The van der Waals surface area contributed by atoms with Crippen molar-refractivity contribution in [2.45, 2.75) is 25.1 Å². The standard InChI is InChI=1S/C14H13BrF2S/c1-8-5-9(2)18-14(8)11(15)6-10-3-4-12(16)13(17)7-10/h3-5,7,11H,6H2,1-2H3. The quantitative estimate of drug-likeness (QED) is 0.668. The van der Waals surface area contributed by atoms with Crippen molar-refractivity contribution in [3.63, 3.8) is 0 Å². The predicted molar refractivity (Wildman–Crippen MR) is 75.5 cm³/mol. The van der Waals surface area contributed by atoms with Gasteiger partial charge in [-0.2, -0.15) is 0 Å². The van der Waals surface area contributed by atoms with Gasteiger partial charge in [-0.05, 0) is 49.6 Å². The topological polar surface area (TPSA) is 0 Å². The minimum absolute atomic E-state index is 0.140. The normalized spacial score (nSPS) is 12.7. The zero-order valence-corrected chi connectivity index (χ0v) is 12.5. The fraction of sp³-hybridized carbons (Fsp3) is 0.286. The first-order chi connectivity index (χ1) is 8.47. The van der Waals surface area contributed by atoms with E-state index in [1.54, 1.807) is 17.4 Å². The van der Waals surface area contributed by atoms with Crippen molar-refractivity contribution < 1.29 is 8.78 Å². The molecule has 4 heteroatoms. The second kappa shape index (κ2) is 5.49. The molecule has 1 unspecified atom stereocenters. The molecule has 2 rings (SSSR count). The summed E-state index contributed by atoms with van der Waals surface area (Å²) in [6.45, 7) is 4.14. The van der Waals surface area contributed by atoms with Crippen molar-refractivity contribution in [3.05, 3.63) is 56.8 Å². The highest BCUT2D eigenvalue weighted by Gasteiger charge is 2.14. The van der Waals surface area contributed by atoms with E-state index < -0.39 is 11.6 Å². The van der Waals surface area contributed by atoms with Gasteiger partial charge < -0.3 is 0 Å². The van der Waals surface area contributed by atoms with E-state index in [0.717, 1.165) is 5.56 Å². The highest BCUT2D eigenvalue weighted by atomic mass is 79.9. The van der Waals surface area contributed by atoms with Crippen LogP contribution in [0.15, 0.2) is 24.3 Å². The third kappa shape index (κ3) is 2.98. The van der Waals surface area contributed by atoms with E-state index >= 15 is 0 Å². The smallest absolute Gasteiger partial charge is 0.159 e. The van der Waals surface area contributed by atoms with Gasteiger partial charge in [0.2, 0.25) is 0 Å². The Balaban J connectivity index is 2.18. The lowest BCUT2D eigenvalue weighted by Crippen LogP contribution is -1.96. The maximum atomic E-state index is 13.1. The molecule has 0 bridgehead atoms. The molecule has 1 aromatic heterocycles. The number of halogens is 3. The maximum absolute atomic E-state index is 13.1. The summed E-state index contributed by atoms with van der Waals surface area (Å²) in [5.41, 5.74) is 2.03. The number of aryl methyl sites for hydroxylation is 2. The Bertz CT molecular complexity index is 563. The Morgan fingerprint density at radius 2 is 1.89 bits per heavy atom. The van der Waals surface area contributed by atoms with Crippen LogP contribution >= 0.6 is 27.3 Å². The molecule has 0 saturated carbocycles. The van der Waals surface area contributed by atoms with E-state index in [2.05, 4.69) is 35.8 Å². The largest absolute Gasteiger partial charge is 0.204 e. The molecule has 1 atom stereocenters. The van der Waals surface area contributed by atoms with Gasteiger partial charge in [-0.1, -0.05) is 22.0 Å². The zero-order valence-electron chi connectivity index (χ0n) is 10.1. The third-order valence-electron chi connectivity index (χ3n) is 2.76. The maximum Gasteiger partial charge on any atom is 0.159 e. The average Bonchev–Trinajstić information content (AvgIpc) is 2.63. The van der Waals surface area contributed by atoms with E-state index in [-0.39, 0.29) is 4.83 Å². The van der Waals surface area contributed by atoms with Crippen LogP contribution in [0.1, 0.15) is 25.7 Å². The van der Waals surface area contributed by atoms with E-state index in [1.807, 2.05) is 0 Å². The molecule has 0 aliphatic heterocycles. The lowest BCUT2D eigenvalue weighted by atomic mass is 10.1. The average molecular weight is 331 g/mol. The number of benzene rings is 1. The molecular weight excluding hydrogens is 318 g/mol. The molecule has 0 spiro atoms. The monoisotopic (exact) mass is 330 g/mol. The molecule has 0 amide bonds. The molecule has 2 aromatic rings. The van der Waals surface area contributed by atoms with Crippen molar-refractivity contribution in [2.24, 2.45) is 0 Å². The lowest BCUT2D eigenvalue weighted by Gasteiger charge is -2.09. The summed E-state index contributed by atoms with van der Waals surface area (Å²) in [5.74, 6) is -1.58. The molecule has 0 fully saturated rings. The van der Waals surface area contributed by atoms with E-state index in [4.69, 9.17) is 0 Å². The molecule has 18 heavy (non-hydrogen) atoms. The highest BCUT2D eigenvalue weighted by molar-refractivity contribution is 9.09. The SMILES string of the molecule is Cc1cc(C)c(C(Br)Cc2ccc(F)c(F)c2)s1. The summed E-state index contributed by atoms with van der Waals surface area (Å²) in [7, 11) is 0. The van der Waals surface area contributed by atoms with Gasteiger partial charge in [0.25, 0.3) is 0 Å². The Labute approximate surface area is 118 Å². The van der Waals surface area contributed by atoms with Gasteiger partial charge in [-0.15, -0.1) is 11.3 Å². The molecule has 0 aliphatic rings. The van der Waals surface area contributed by atoms with Crippen LogP contribution in [0.4, 0.5) is 8.78 Å². The van der Waals surface area contributed by atoms with E-state index in [1.165, 1.54) is 27.5 Å². The summed E-state index contributed by atoms with van der Waals surface area (Å²) in [4.78, 5) is 2.65. The van der Waals surface area contributed by atoms with Gasteiger partial charge in [0.15, 0.2) is 11.6 Å². The van der Waals surface area contributed by atoms with Crippen LogP contribution in [-0.2, 0) is 6.42 Å².